The fourth-order valence-corrected chi connectivity index (χ4v) is 10.1. The number of aliphatic hydroxyl groups is 9. The van der Waals surface area contributed by atoms with Crippen molar-refractivity contribution in [3.63, 3.8) is 0 Å². The molecule has 32 nitrogen and oxygen atoms in total. The number of aliphatic hydroxyl groups excluding tert-OH is 9. The van der Waals surface area contributed by atoms with Gasteiger partial charge in [-0.2, -0.15) is 0 Å². The monoisotopic (exact) mass is 1480 g/mol. The van der Waals surface area contributed by atoms with E-state index in [4.69, 9.17) is 33.2 Å². The molecule has 15 atom stereocenters. The van der Waals surface area contributed by atoms with E-state index in [0.717, 1.165) is 5.92 Å². The van der Waals surface area contributed by atoms with Crippen LogP contribution in [0, 0.1) is 23.7 Å². The summed E-state index contributed by atoms with van der Waals surface area (Å²) in [5.74, 6) is -4.23. The molecular formula is C70H144N8O24. The number of rotatable bonds is 45. The quantitative estimate of drug-likeness (QED) is 0.0382. The summed E-state index contributed by atoms with van der Waals surface area (Å²) < 4.78 is 38.5. The molecule has 0 aromatic heterocycles. The van der Waals surface area contributed by atoms with Crippen LogP contribution in [0.5, 0.6) is 0 Å². The number of hydrogen-bond donors (Lipinski definition) is 17. The maximum Gasteiger partial charge on any atom is 0.222 e. The van der Waals surface area contributed by atoms with Gasteiger partial charge in [0.2, 0.25) is 47.3 Å². The standard InChI is InChI=1S/C58H104N8O24.C4H10.C2H6.6CH4/c1-35-49(78)52(81)38(32-67)88-55(35)85-29-15-45(74)62-24-6-21-59-42(71)12-18-58(66-48(77)11-5-10-41(70)65-27-9-28-84-4,19-13-43(72)60-22-7-25-63-46(75)16-30-86-56-36(2)50(79)53(82)39(33-68)89-56)20-14-44(73)61-23-8-26-64-47(76)17-31-87-57-37(3)51(80)54(83)40(34-69)90-57;1-4(2)3;1-2;;;;;;/h35-40,49-57,67-69,78-83H,5-34H2,1-4H3,(H,59,71)(H,60,72)(H,61,73)(H,62,74)(H,63,75)(H,64,76)(H,65,70)(H,66,77);4H,1-3H3;1-2H3;6*1H4/t35?,36?,37?,38?,39?,40?,49-,50-,51-,52+,53+,54+,55-,56-,57-,58?;;;;;;;;/m1......../s1. The lowest BCUT2D eigenvalue weighted by Gasteiger charge is -2.40. The summed E-state index contributed by atoms with van der Waals surface area (Å²) in [6.07, 6.45) is -12.7. The van der Waals surface area contributed by atoms with E-state index in [-0.39, 0.29) is 204 Å². The van der Waals surface area contributed by atoms with Gasteiger partial charge in [-0.05, 0) is 57.3 Å². The second-order valence-electron chi connectivity index (χ2n) is 24.8. The molecule has 3 aliphatic heterocycles. The minimum absolute atomic E-state index is 0. The first-order valence-corrected chi connectivity index (χ1v) is 34.1. The Kier molecular flexibility index (Phi) is 66.0. The van der Waals surface area contributed by atoms with Crippen LogP contribution in [0.15, 0.2) is 0 Å². The molecule has 6 unspecified atom stereocenters. The van der Waals surface area contributed by atoms with Crippen molar-refractivity contribution < 1.29 is 117 Å². The Hall–Kier alpha value is -4.88. The van der Waals surface area contributed by atoms with Crippen molar-refractivity contribution in [2.45, 2.75) is 282 Å². The van der Waals surface area contributed by atoms with Gasteiger partial charge in [-0.25, -0.2) is 0 Å². The number of ether oxygens (including phenoxy) is 7. The van der Waals surface area contributed by atoms with Crippen molar-refractivity contribution in [3.8, 4) is 0 Å². The highest BCUT2D eigenvalue weighted by atomic mass is 16.7. The number of amides is 8. The lowest BCUT2D eigenvalue weighted by atomic mass is 9.82. The van der Waals surface area contributed by atoms with Gasteiger partial charge >= 0.3 is 0 Å². The van der Waals surface area contributed by atoms with Crippen molar-refractivity contribution in [3.05, 3.63) is 0 Å². The molecule has 8 amide bonds. The van der Waals surface area contributed by atoms with Crippen LogP contribution in [0.1, 0.15) is 203 Å². The van der Waals surface area contributed by atoms with Crippen LogP contribution >= 0.6 is 0 Å². The van der Waals surface area contributed by atoms with E-state index in [2.05, 4.69) is 63.3 Å². The summed E-state index contributed by atoms with van der Waals surface area (Å²) >= 11 is 0. The van der Waals surface area contributed by atoms with Gasteiger partial charge in [0.25, 0.3) is 0 Å². The van der Waals surface area contributed by atoms with Crippen LogP contribution < -0.4 is 42.5 Å². The van der Waals surface area contributed by atoms with Crippen molar-refractivity contribution in [2.24, 2.45) is 23.7 Å². The zero-order valence-electron chi connectivity index (χ0n) is 58.1. The van der Waals surface area contributed by atoms with E-state index in [1.165, 1.54) is 0 Å². The van der Waals surface area contributed by atoms with Gasteiger partial charge in [0.05, 0.1) is 77.2 Å². The van der Waals surface area contributed by atoms with Crippen molar-refractivity contribution in [1.29, 1.82) is 0 Å². The van der Waals surface area contributed by atoms with E-state index in [1.54, 1.807) is 27.9 Å². The van der Waals surface area contributed by atoms with Gasteiger partial charge in [0.15, 0.2) is 18.9 Å². The van der Waals surface area contributed by atoms with E-state index in [1.807, 2.05) is 13.8 Å². The lowest BCUT2D eigenvalue weighted by molar-refractivity contribution is -0.282. The Bertz CT molecular complexity index is 2000. The minimum Gasteiger partial charge on any atom is -0.394 e. The third-order valence-electron chi connectivity index (χ3n) is 15.9. The molecule has 3 heterocycles. The highest BCUT2D eigenvalue weighted by Crippen LogP contribution is 2.30. The highest BCUT2D eigenvalue weighted by Gasteiger charge is 2.45. The Balaban J connectivity index is -0.00000185. The molecule has 102 heavy (non-hydrogen) atoms. The third kappa shape index (κ3) is 44.2. The molecule has 0 aliphatic carbocycles. The summed E-state index contributed by atoms with van der Waals surface area (Å²) in [6, 6.07) is 0. The molecule has 17 N–H and O–H groups in total. The van der Waals surface area contributed by atoms with Crippen LogP contribution in [-0.4, -0.2) is 272 Å². The molecule has 0 radical (unpaired) electrons. The Morgan fingerprint density at radius 2 is 0.598 bits per heavy atom. The average Bonchev–Trinajstić information content (AvgIpc) is 0.841. The average molecular weight is 1480 g/mol. The van der Waals surface area contributed by atoms with Crippen LogP contribution in [0.3, 0.4) is 0 Å². The van der Waals surface area contributed by atoms with E-state index >= 15 is 0 Å². The number of nitrogens with one attached hydrogen (secondary N) is 8. The molecular weight excluding hydrogens is 1340 g/mol. The lowest BCUT2D eigenvalue weighted by Crippen LogP contribution is -2.55. The highest BCUT2D eigenvalue weighted by molar-refractivity contribution is 5.81. The van der Waals surface area contributed by atoms with E-state index < -0.39 is 141 Å². The molecule has 32 heteroatoms. The van der Waals surface area contributed by atoms with Crippen LogP contribution in [0.2, 0.25) is 0 Å². The van der Waals surface area contributed by atoms with Crippen molar-refractivity contribution in [1.82, 2.24) is 42.5 Å². The molecule has 3 saturated heterocycles. The normalized spacial score (nSPS) is 24.5. The van der Waals surface area contributed by atoms with Gasteiger partial charge in [-0.1, -0.05) is 99.9 Å². The van der Waals surface area contributed by atoms with Crippen LogP contribution in [-0.2, 0) is 71.5 Å². The van der Waals surface area contributed by atoms with Gasteiger partial charge < -0.3 is 122 Å². The van der Waals surface area contributed by atoms with Gasteiger partial charge in [-0.15, -0.1) is 0 Å². The molecule has 0 aromatic carbocycles. The first-order valence-electron chi connectivity index (χ1n) is 34.1. The molecule has 0 bridgehead atoms. The summed E-state index contributed by atoms with van der Waals surface area (Å²) in [6.45, 7) is 15.2. The maximum atomic E-state index is 13.8. The summed E-state index contributed by atoms with van der Waals surface area (Å²) in [7, 11) is 1.54. The molecule has 3 aliphatic rings. The maximum absolute atomic E-state index is 13.8. The molecule has 3 fully saturated rings. The summed E-state index contributed by atoms with van der Waals surface area (Å²) in [5, 5.41) is 112. The molecule has 0 saturated carbocycles. The van der Waals surface area contributed by atoms with Gasteiger partial charge in [0, 0.05) is 115 Å². The third-order valence-corrected chi connectivity index (χ3v) is 15.9. The van der Waals surface area contributed by atoms with Crippen LogP contribution in [0.4, 0.5) is 0 Å². The second-order valence-corrected chi connectivity index (χ2v) is 24.8. The van der Waals surface area contributed by atoms with Crippen LogP contribution in [0.25, 0.3) is 0 Å². The SMILES string of the molecule is C.C.C.C.C.C.CC.CC(C)C.COCCCNC(=O)CCCC(=O)NC(CCC(=O)NCCCNC(=O)CCO[C@@H]1OC(CO)[C@H](O)[C@H](O)C1C)(CCC(=O)NCCCNC(=O)CCO[C@@H]1OC(CO)[C@H](O)[C@H](O)C1C)CCC(=O)NCCCNC(=O)CCO[C@@H]1OC(CO)[C@H](O)[C@H](O)C1C. The minimum atomic E-state index is -1.32. The van der Waals surface area contributed by atoms with Gasteiger partial charge in [0.1, 0.15) is 36.6 Å². The fraction of sp³-hybridized carbons (Fsp3) is 0.886. The molecule has 608 valence electrons. The zero-order valence-corrected chi connectivity index (χ0v) is 58.1. The predicted octanol–water partition coefficient (Wildman–Crippen LogP) is 1.32. The number of methoxy groups -OCH3 is 1. The summed E-state index contributed by atoms with van der Waals surface area (Å²) in [5.41, 5.74) is -1.32. The fourth-order valence-electron chi connectivity index (χ4n) is 10.1. The first kappa shape index (κ1) is 108. The zero-order chi connectivity index (χ0) is 72.2. The largest absolute Gasteiger partial charge is 0.394 e. The predicted molar refractivity (Wildman–Crippen MR) is 389 cm³/mol. The Labute approximate surface area is 610 Å². The van der Waals surface area contributed by atoms with Crippen molar-refractivity contribution >= 4 is 47.3 Å². The van der Waals surface area contributed by atoms with Crippen molar-refractivity contribution in [2.75, 3.05) is 99.2 Å². The molecule has 0 aromatic rings. The Morgan fingerprint density at radius 3 is 0.853 bits per heavy atom. The Morgan fingerprint density at radius 1 is 0.363 bits per heavy atom. The summed E-state index contributed by atoms with van der Waals surface area (Å²) in [4.78, 5) is 105. The van der Waals surface area contributed by atoms with Gasteiger partial charge in [-0.3, -0.25) is 38.4 Å². The molecule has 0 spiro atoms. The first-order chi connectivity index (χ1) is 45.7. The number of carbonyl (C=O) groups excluding carboxylic acids is 8. The van der Waals surface area contributed by atoms with E-state index in [9.17, 15) is 84.3 Å². The van der Waals surface area contributed by atoms with E-state index in [0.29, 0.717) is 38.8 Å². The smallest absolute Gasteiger partial charge is 0.222 e. The topological polar surface area (TPSA) is 479 Å². The molecule has 3 rings (SSSR count). The number of carbonyl (C=O) groups is 8. The number of hydrogen-bond acceptors (Lipinski definition) is 24. The second kappa shape index (κ2) is 62.3.